The molecule has 4 heteroatoms. The van der Waals surface area contributed by atoms with E-state index < -0.39 is 17.5 Å². The summed E-state index contributed by atoms with van der Waals surface area (Å²) in [5.41, 5.74) is 0.785. The number of benzene rings is 2. The molecule has 106 valence electrons. The average Bonchev–Trinajstić information content (AvgIpc) is 2.42. The van der Waals surface area contributed by atoms with Gasteiger partial charge in [0.2, 0.25) is 0 Å². The predicted octanol–water partition coefficient (Wildman–Crippen LogP) is 4.27. The molecule has 2 aromatic carbocycles. The van der Waals surface area contributed by atoms with Crippen molar-refractivity contribution in [2.75, 3.05) is 6.54 Å². The minimum atomic E-state index is -0.637. The van der Waals surface area contributed by atoms with Crippen molar-refractivity contribution in [1.82, 2.24) is 5.32 Å². The quantitative estimate of drug-likeness (QED) is 0.806. The van der Waals surface area contributed by atoms with E-state index in [2.05, 4.69) is 5.32 Å². The molecule has 2 rings (SSSR count). The Labute approximate surface area is 116 Å². The van der Waals surface area contributed by atoms with Crippen molar-refractivity contribution in [2.24, 2.45) is 0 Å². The molecule has 1 N–H and O–H groups in total. The number of nitrogens with one attached hydrogen (secondary N) is 1. The molecule has 0 spiro atoms. The largest absolute Gasteiger partial charge is 0.313 e. The van der Waals surface area contributed by atoms with Crippen LogP contribution >= 0.6 is 0 Å². The van der Waals surface area contributed by atoms with E-state index in [1.165, 1.54) is 12.1 Å². The SMILES string of the molecule is CCCNCc1ccc(-c2cc(F)ccc2F)c(F)c1. The molecule has 2 aromatic rings. The van der Waals surface area contributed by atoms with Crippen molar-refractivity contribution in [3.05, 3.63) is 59.4 Å². The zero-order chi connectivity index (χ0) is 14.5. The molecule has 0 unspecified atom stereocenters. The summed E-state index contributed by atoms with van der Waals surface area (Å²) in [6, 6.07) is 7.56. The Kier molecular flexibility index (Phi) is 4.79. The topological polar surface area (TPSA) is 12.0 Å². The van der Waals surface area contributed by atoms with Gasteiger partial charge in [-0.15, -0.1) is 0 Å². The van der Waals surface area contributed by atoms with E-state index >= 15 is 0 Å². The Morgan fingerprint density at radius 2 is 1.70 bits per heavy atom. The number of hydrogen-bond donors (Lipinski definition) is 1. The molecule has 0 aliphatic carbocycles. The van der Waals surface area contributed by atoms with Crippen LogP contribution in [0.3, 0.4) is 0 Å². The molecule has 0 aliphatic rings. The molecular weight excluding hydrogens is 263 g/mol. The Morgan fingerprint density at radius 1 is 0.900 bits per heavy atom. The molecule has 0 radical (unpaired) electrons. The predicted molar refractivity (Wildman–Crippen MR) is 73.7 cm³/mol. The van der Waals surface area contributed by atoms with E-state index in [0.29, 0.717) is 6.54 Å². The fourth-order valence-electron chi connectivity index (χ4n) is 2.00. The van der Waals surface area contributed by atoms with Crippen LogP contribution < -0.4 is 5.32 Å². The maximum absolute atomic E-state index is 14.0. The standard InChI is InChI=1S/C16H16F3N/c1-2-7-20-10-11-3-5-13(16(19)8-11)14-9-12(17)4-6-15(14)18/h3-6,8-9,20H,2,7,10H2,1H3. The molecule has 0 bridgehead atoms. The van der Waals surface area contributed by atoms with Gasteiger partial charge < -0.3 is 5.32 Å². The third-order valence-corrected chi connectivity index (χ3v) is 3.01. The van der Waals surface area contributed by atoms with Crippen LogP contribution in [0.2, 0.25) is 0 Å². The number of halogens is 3. The van der Waals surface area contributed by atoms with E-state index in [1.807, 2.05) is 6.92 Å². The second kappa shape index (κ2) is 6.57. The Morgan fingerprint density at radius 3 is 2.40 bits per heavy atom. The van der Waals surface area contributed by atoms with Crippen LogP contribution in [0, 0.1) is 17.5 Å². The Hall–Kier alpha value is -1.81. The average molecular weight is 279 g/mol. The lowest BCUT2D eigenvalue weighted by molar-refractivity contribution is 0.596. The van der Waals surface area contributed by atoms with Crippen LogP contribution in [-0.2, 0) is 6.54 Å². The van der Waals surface area contributed by atoms with Gasteiger partial charge in [0.05, 0.1) is 0 Å². The first kappa shape index (κ1) is 14.6. The summed E-state index contributed by atoms with van der Waals surface area (Å²) in [7, 11) is 0. The van der Waals surface area contributed by atoms with E-state index in [1.54, 1.807) is 6.07 Å². The van der Waals surface area contributed by atoms with Gasteiger partial charge in [-0.3, -0.25) is 0 Å². The molecule has 0 saturated carbocycles. The summed E-state index contributed by atoms with van der Waals surface area (Å²) >= 11 is 0. The third-order valence-electron chi connectivity index (χ3n) is 3.01. The number of hydrogen-bond acceptors (Lipinski definition) is 1. The van der Waals surface area contributed by atoms with Gasteiger partial charge in [-0.05, 0) is 42.8 Å². The second-order valence-electron chi connectivity index (χ2n) is 4.62. The van der Waals surface area contributed by atoms with E-state index in [-0.39, 0.29) is 11.1 Å². The van der Waals surface area contributed by atoms with Crippen LogP contribution in [0.15, 0.2) is 36.4 Å². The van der Waals surface area contributed by atoms with Crippen LogP contribution in [-0.4, -0.2) is 6.54 Å². The van der Waals surface area contributed by atoms with Gasteiger partial charge in [0.15, 0.2) is 0 Å². The maximum atomic E-state index is 14.0. The molecule has 0 heterocycles. The van der Waals surface area contributed by atoms with Crippen molar-refractivity contribution in [2.45, 2.75) is 19.9 Å². The molecule has 0 saturated heterocycles. The van der Waals surface area contributed by atoms with E-state index in [9.17, 15) is 13.2 Å². The first-order valence-electron chi connectivity index (χ1n) is 6.56. The minimum absolute atomic E-state index is 0.0597. The van der Waals surface area contributed by atoms with Gasteiger partial charge in [0.1, 0.15) is 17.5 Å². The summed E-state index contributed by atoms with van der Waals surface area (Å²) < 4.78 is 40.8. The van der Waals surface area contributed by atoms with Gasteiger partial charge in [0.25, 0.3) is 0 Å². The third kappa shape index (κ3) is 3.39. The smallest absolute Gasteiger partial charge is 0.131 e. The lowest BCUT2D eigenvalue weighted by Crippen LogP contribution is -2.13. The van der Waals surface area contributed by atoms with Gasteiger partial charge in [0, 0.05) is 17.7 Å². The van der Waals surface area contributed by atoms with Gasteiger partial charge >= 0.3 is 0 Å². The molecule has 20 heavy (non-hydrogen) atoms. The van der Waals surface area contributed by atoms with E-state index in [0.717, 1.165) is 36.7 Å². The molecule has 0 aromatic heterocycles. The molecule has 1 nitrogen and oxygen atoms in total. The summed E-state index contributed by atoms with van der Waals surface area (Å²) in [5.74, 6) is -1.78. The van der Waals surface area contributed by atoms with Gasteiger partial charge in [-0.25, -0.2) is 13.2 Å². The lowest BCUT2D eigenvalue weighted by Gasteiger charge is -2.08. The van der Waals surface area contributed by atoms with Crippen molar-refractivity contribution >= 4 is 0 Å². The second-order valence-corrected chi connectivity index (χ2v) is 4.62. The molecule has 0 fully saturated rings. The highest BCUT2D eigenvalue weighted by atomic mass is 19.1. The molecular formula is C16H16F3N. The zero-order valence-corrected chi connectivity index (χ0v) is 11.2. The van der Waals surface area contributed by atoms with Crippen LogP contribution in [0.5, 0.6) is 0 Å². The summed E-state index contributed by atoms with van der Waals surface area (Å²) in [6.45, 7) is 3.45. The first-order valence-corrected chi connectivity index (χ1v) is 6.56. The molecule has 0 atom stereocenters. The van der Waals surface area contributed by atoms with Gasteiger partial charge in [-0.2, -0.15) is 0 Å². The van der Waals surface area contributed by atoms with Crippen molar-refractivity contribution in [3.63, 3.8) is 0 Å². The minimum Gasteiger partial charge on any atom is -0.313 e. The number of rotatable bonds is 5. The first-order chi connectivity index (χ1) is 9.61. The maximum Gasteiger partial charge on any atom is 0.131 e. The fraction of sp³-hybridized carbons (Fsp3) is 0.250. The van der Waals surface area contributed by atoms with Crippen molar-refractivity contribution in [3.8, 4) is 11.1 Å². The van der Waals surface area contributed by atoms with Crippen LogP contribution in [0.4, 0.5) is 13.2 Å². The van der Waals surface area contributed by atoms with Gasteiger partial charge in [-0.1, -0.05) is 19.1 Å². The highest BCUT2D eigenvalue weighted by Gasteiger charge is 2.11. The monoisotopic (exact) mass is 279 g/mol. The summed E-state index contributed by atoms with van der Waals surface area (Å²) in [4.78, 5) is 0. The van der Waals surface area contributed by atoms with Crippen molar-refractivity contribution < 1.29 is 13.2 Å². The van der Waals surface area contributed by atoms with Crippen LogP contribution in [0.25, 0.3) is 11.1 Å². The highest BCUT2D eigenvalue weighted by Crippen LogP contribution is 2.27. The summed E-state index contributed by atoms with van der Waals surface area (Å²) in [5, 5.41) is 3.16. The van der Waals surface area contributed by atoms with Crippen LogP contribution in [0.1, 0.15) is 18.9 Å². The fourth-order valence-corrected chi connectivity index (χ4v) is 2.00. The molecule has 0 amide bonds. The molecule has 0 aliphatic heterocycles. The normalized spacial score (nSPS) is 10.8. The van der Waals surface area contributed by atoms with E-state index in [4.69, 9.17) is 0 Å². The highest BCUT2D eigenvalue weighted by molar-refractivity contribution is 5.65. The Balaban J connectivity index is 2.27. The van der Waals surface area contributed by atoms with Crippen molar-refractivity contribution in [1.29, 1.82) is 0 Å². The Bertz CT molecular complexity index is 596. The lowest BCUT2D eigenvalue weighted by atomic mass is 10.0. The summed E-state index contributed by atoms with van der Waals surface area (Å²) in [6.07, 6.45) is 0.995. The zero-order valence-electron chi connectivity index (χ0n) is 11.2.